The number of rotatable bonds is 0. The molecule has 12 heavy (non-hydrogen) atoms. The molecule has 0 fully saturated rings. The maximum absolute atomic E-state index is 8.74. The lowest BCUT2D eigenvalue weighted by Crippen LogP contribution is -2.13. The van der Waals surface area contributed by atoms with E-state index in [1.165, 1.54) is 18.5 Å². The third-order valence-electron chi connectivity index (χ3n) is 2.41. The van der Waals surface area contributed by atoms with Gasteiger partial charge in [0.2, 0.25) is 0 Å². The highest BCUT2D eigenvalue weighted by Gasteiger charge is 2.21. The first-order valence-corrected chi connectivity index (χ1v) is 4.44. The van der Waals surface area contributed by atoms with Crippen molar-refractivity contribution in [1.29, 1.82) is 5.26 Å². The van der Waals surface area contributed by atoms with Gasteiger partial charge in [-0.05, 0) is 31.5 Å². The van der Waals surface area contributed by atoms with Gasteiger partial charge < -0.3 is 4.90 Å². The summed E-state index contributed by atoms with van der Waals surface area (Å²) in [5.41, 5.74) is 1.34. The van der Waals surface area contributed by atoms with Crippen LogP contribution in [0.3, 0.4) is 0 Å². The molecular formula is C10H12N2. The summed E-state index contributed by atoms with van der Waals surface area (Å²) < 4.78 is 0. The second-order valence-corrected chi connectivity index (χ2v) is 3.32. The van der Waals surface area contributed by atoms with Gasteiger partial charge in [-0.1, -0.05) is 6.08 Å². The van der Waals surface area contributed by atoms with Crippen LogP contribution >= 0.6 is 0 Å². The Morgan fingerprint density at radius 2 is 2.50 bits per heavy atom. The summed E-state index contributed by atoms with van der Waals surface area (Å²) >= 11 is 0. The summed E-state index contributed by atoms with van der Waals surface area (Å²) in [6, 6.07) is 2.29. The van der Waals surface area contributed by atoms with Gasteiger partial charge in [-0.2, -0.15) is 5.26 Å². The van der Waals surface area contributed by atoms with Crippen LogP contribution in [0, 0.1) is 17.2 Å². The smallest absolute Gasteiger partial charge is 0.0842 e. The van der Waals surface area contributed by atoms with Crippen molar-refractivity contribution in [2.75, 3.05) is 6.54 Å². The zero-order valence-electron chi connectivity index (χ0n) is 7.03. The molecule has 0 aromatic heterocycles. The Kier molecular flexibility index (Phi) is 1.87. The van der Waals surface area contributed by atoms with Crippen LogP contribution < -0.4 is 0 Å². The quantitative estimate of drug-likeness (QED) is 0.542. The second kappa shape index (κ2) is 3.02. The molecule has 0 N–H and O–H groups in total. The molecule has 0 aromatic carbocycles. The first-order chi connectivity index (χ1) is 5.90. The molecule has 2 aliphatic rings. The summed E-state index contributed by atoms with van der Waals surface area (Å²) in [6.45, 7) is 0.863. The molecule has 0 aliphatic carbocycles. The predicted octanol–water partition coefficient (Wildman–Crippen LogP) is 2.02. The van der Waals surface area contributed by atoms with Gasteiger partial charge in [0, 0.05) is 12.2 Å². The summed E-state index contributed by atoms with van der Waals surface area (Å²) in [4.78, 5) is 2.21. The number of hydrogen-bond acceptors (Lipinski definition) is 2. The minimum atomic E-state index is 0.114. The van der Waals surface area contributed by atoms with Gasteiger partial charge in [0.1, 0.15) is 0 Å². The van der Waals surface area contributed by atoms with Gasteiger partial charge in [-0.15, -0.1) is 0 Å². The van der Waals surface area contributed by atoms with E-state index in [1.54, 1.807) is 0 Å². The summed E-state index contributed by atoms with van der Waals surface area (Å²) in [5.74, 6) is 0.114. The van der Waals surface area contributed by atoms with Crippen molar-refractivity contribution >= 4 is 0 Å². The van der Waals surface area contributed by atoms with E-state index in [4.69, 9.17) is 5.26 Å². The van der Waals surface area contributed by atoms with Gasteiger partial charge in [0.15, 0.2) is 0 Å². The molecule has 0 saturated heterocycles. The molecule has 2 rings (SSSR count). The number of hydrogen-bond donors (Lipinski definition) is 0. The van der Waals surface area contributed by atoms with Crippen molar-refractivity contribution in [3.05, 3.63) is 24.0 Å². The normalized spacial score (nSPS) is 27.4. The number of nitrogens with zero attached hydrogens (tertiary/aromatic N) is 2. The Balaban J connectivity index is 2.17. The third kappa shape index (κ3) is 1.23. The van der Waals surface area contributed by atoms with E-state index in [-0.39, 0.29) is 5.92 Å². The molecule has 0 bridgehead atoms. The lowest BCUT2D eigenvalue weighted by molar-refractivity contribution is 0.472. The minimum absolute atomic E-state index is 0.114. The van der Waals surface area contributed by atoms with Gasteiger partial charge in [0.25, 0.3) is 0 Å². The second-order valence-electron chi connectivity index (χ2n) is 3.32. The van der Waals surface area contributed by atoms with E-state index in [1.807, 2.05) is 0 Å². The molecule has 1 atom stereocenters. The van der Waals surface area contributed by atoms with Gasteiger partial charge >= 0.3 is 0 Å². The maximum Gasteiger partial charge on any atom is 0.0842 e. The average Bonchev–Trinajstić information content (AvgIpc) is 2.37. The first-order valence-electron chi connectivity index (χ1n) is 4.44. The fourth-order valence-electron chi connectivity index (χ4n) is 1.77. The fourth-order valence-corrected chi connectivity index (χ4v) is 1.77. The molecule has 0 saturated carbocycles. The number of nitriles is 1. The number of fused-ring (bicyclic) bond motifs is 1. The summed E-state index contributed by atoms with van der Waals surface area (Å²) in [5, 5.41) is 8.74. The molecule has 2 heteroatoms. The van der Waals surface area contributed by atoms with Crippen molar-refractivity contribution in [2.24, 2.45) is 5.92 Å². The lowest BCUT2D eigenvalue weighted by Gasteiger charge is -2.15. The Hall–Kier alpha value is -1.23. The average molecular weight is 160 g/mol. The Morgan fingerprint density at radius 1 is 1.58 bits per heavy atom. The van der Waals surface area contributed by atoms with Crippen LogP contribution in [-0.4, -0.2) is 11.4 Å². The van der Waals surface area contributed by atoms with Crippen LogP contribution in [0.5, 0.6) is 0 Å². The molecule has 2 nitrogen and oxygen atoms in total. The molecule has 0 radical (unpaired) electrons. The van der Waals surface area contributed by atoms with Crippen LogP contribution in [0.1, 0.15) is 19.3 Å². The van der Waals surface area contributed by atoms with Crippen molar-refractivity contribution in [2.45, 2.75) is 19.3 Å². The Bertz CT molecular complexity index is 270. The largest absolute Gasteiger partial charge is 0.350 e. The molecule has 1 unspecified atom stereocenters. The molecule has 0 spiro atoms. The summed E-state index contributed by atoms with van der Waals surface area (Å²) in [6.07, 6.45) is 9.94. The lowest BCUT2D eigenvalue weighted by atomic mass is 10.1. The predicted molar refractivity (Wildman–Crippen MR) is 46.9 cm³/mol. The van der Waals surface area contributed by atoms with Crippen LogP contribution in [0.2, 0.25) is 0 Å². The van der Waals surface area contributed by atoms with E-state index < -0.39 is 0 Å². The first kappa shape index (κ1) is 7.42. The van der Waals surface area contributed by atoms with Crippen molar-refractivity contribution in [3.63, 3.8) is 0 Å². The van der Waals surface area contributed by atoms with E-state index in [0.717, 1.165) is 13.0 Å². The monoisotopic (exact) mass is 160 g/mol. The Morgan fingerprint density at radius 3 is 3.33 bits per heavy atom. The SMILES string of the molecule is N#CC1C=C2CCCC=CN2C1. The zero-order chi connectivity index (χ0) is 8.39. The highest BCUT2D eigenvalue weighted by molar-refractivity contribution is 5.20. The molecule has 0 amide bonds. The van der Waals surface area contributed by atoms with E-state index >= 15 is 0 Å². The van der Waals surface area contributed by atoms with Gasteiger partial charge in [-0.3, -0.25) is 0 Å². The van der Waals surface area contributed by atoms with Gasteiger partial charge in [0.05, 0.1) is 12.0 Å². The standard InChI is InChI=1S/C10H12N2/c11-7-9-6-10-4-2-1-3-5-12(10)8-9/h3,5-6,9H,1-2,4,8H2. The van der Waals surface area contributed by atoms with E-state index in [9.17, 15) is 0 Å². The van der Waals surface area contributed by atoms with Crippen LogP contribution in [0.4, 0.5) is 0 Å². The molecule has 2 heterocycles. The molecular weight excluding hydrogens is 148 g/mol. The van der Waals surface area contributed by atoms with Gasteiger partial charge in [-0.25, -0.2) is 0 Å². The highest BCUT2D eigenvalue weighted by atomic mass is 15.1. The number of allylic oxidation sites excluding steroid dienone is 2. The van der Waals surface area contributed by atoms with Crippen LogP contribution in [0.25, 0.3) is 0 Å². The van der Waals surface area contributed by atoms with Crippen molar-refractivity contribution in [1.82, 2.24) is 4.90 Å². The molecule has 0 aromatic rings. The fraction of sp³-hybridized carbons (Fsp3) is 0.500. The highest BCUT2D eigenvalue weighted by Crippen LogP contribution is 2.26. The topological polar surface area (TPSA) is 27.0 Å². The summed E-state index contributed by atoms with van der Waals surface area (Å²) in [7, 11) is 0. The van der Waals surface area contributed by atoms with Crippen LogP contribution in [-0.2, 0) is 0 Å². The minimum Gasteiger partial charge on any atom is -0.350 e. The van der Waals surface area contributed by atoms with Crippen molar-refractivity contribution in [3.8, 4) is 6.07 Å². The zero-order valence-corrected chi connectivity index (χ0v) is 7.03. The van der Waals surface area contributed by atoms with Crippen LogP contribution in [0.15, 0.2) is 24.0 Å². The van der Waals surface area contributed by atoms with E-state index in [2.05, 4.69) is 29.3 Å². The molecule has 2 aliphatic heterocycles. The van der Waals surface area contributed by atoms with Crippen molar-refractivity contribution < 1.29 is 0 Å². The third-order valence-corrected chi connectivity index (χ3v) is 2.41. The Labute approximate surface area is 72.8 Å². The maximum atomic E-state index is 8.74. The molecule has 62 valence electrons. The van der Waals surface area contributed by atoms with E-state index in [0.29, 0.717) is 0 Å².